The summed E-state index contributed by atoms with van der Waals surface area (Å²) in [5.74, 6) is 2.63. The third-order valence-corrected chi connectivity index (χ3v) is 6.17. The Bertz CT molecular complexity index is 1000. The first kappa shape index (κ1) is 23.2. The van der Waals surface area contributed by atoms with Gasteiger partial charge in [-0.1, -0.05) is 0 Å². The standard InChI is InChI=1S/C22H28O8S/c1-26-16-7-10-21(31(23,24)25)15(13-16)11-12-29-14-17-5-4-6-18-19(30-17)8-9-20(27-2)22(18)28-3/h7-10,13,17H,4-6,11-12,14H2,1-3H3,(H,23,24,25). The zero-order chi connectivity index (χ0) is 22.4. The fourth-order valence-electron chi connectivity index (χ4n) is 3.71. The molecule has 0 fully saturated rings. The minimum Gasteiger partial charge on any atom is -0.497 e. The maximum Gasteiger partial charge on any atom is 0.294 e. The van der Waals surface area contributed by atoms with Gasteiger partial charge in [0.1, 0.15) is 17.6 Å². The molecule has 1 heterocycles. The summed E-state index contributed by atoms with van der Waals surface area (Å²) in [6, 6.07) is 8.11. The van der Waals surface area contributed by atoms with E-state index in [1.807, 2.05) is 12.1 Å². The maximum absolute atomic E-state index is 11.6. The lowest BCUT2D eigenvalue weighted by molar-refractivity contribution is 0.0486. The molecule has 0 saturated carbocycles. The van der Waals surface area contributed by atoms with Gasteiger partial charge >= 0.3 is 0 Å². The van der Waals surface area contributed by atoms with Gasteiger partial charge < -0.3 is 23.7 Å². The van der Waals surface area contributed by atoms with E-state index in [1.165, 1.54) is 19.2 Å². The normalized spacial score (nSPS) is 16.1. The average Bonchev–Trinajstić information content (AvgIpc) is 2.97. The number of ether oxygens (including phenoxy) is 5. The monoisotopic (exact) mass is 452 g/mol. The molecule has 1 aliphatic heterocycles. The number of hydrogen-bond acceptors (Lipinski definition) is 7. The Morgan fingerprint density at radius 3 is 2.58 bits per heavy atom. The van der Waals surface area contributed by atoms with Gasteiger partial charge in [-0.25, -0.2) is 0 Å². The van der Waals surface area contributed by atoms with Crippen molar-refractivity contribution in [1.29, 1.82) is 0 Å². The Balaban J connectivity index is 1.62. The van der Waals surface area contributed by atoms with E-state index in [2.05, 4.69) is 0 Å². The highest BCUT2D eigenvalue weighted by Gasteiger charge is 2.23. The first-order valence-corrected chi connectivity index (χ1v) is 11.4. The molecule has 1 N–H and O–H groups in total. The fourth-order valence-corrected chi connectivity index (χ4v) is 4.44. The predicted octanol–water partition coefficient (Wildman–Crippen LogP) is 3.30. The van der Waals surface area contributed by atoms with E-state index < -0.39 is 10.1 Å². The third kappa shape index (κ3) is 5.61. The van der Waals surface area contributed by atoms with E-state index in [1.54, 1.807) is 20.3 Å². The summed E-state index contributed by atoms with van der Waals surface area (Å²) in [5, 5.41) is 0. The van der Waals surface area contributed by atoms with Crippen molar-refractivity contribution in [2.45, 2.75) is 36.7 Å². The van der Waals surface area contributed by atoms with Gasteiger partial charge in [-0.2, -0.15) is 8.42 Å². The van der Waals surface area contributed by atoms with E-state index in [-0.39, 0.29) is 17.6 Å². The highest BCUT2D eigenvalue weighted by atomic mass is 32.2. The van der Waals surface area contributed by atoms with E-state index in [0.29, 0.717) is 35.8 Å². The number of benzene rings is 2. The molecule has 9 heteroatoms. The van der Waals surface area contributed by atoms with Crippen LogP contribution in [0, 0.1) is 0 Å². The topological polar surface area (TPSA) is 101 Å². The molecule has 1 atom stereocenters. The van der Waals surface area contributed by atoms with Gasteiger partial charge in [0, 0.05) is 5.56 Å². The Morgan fingerprint density at radius 2 is 1.90 bits per heavy atom. The van der Waals surface area contributed by atoms with Crippen LogP contribution in [0.25, 0.3) is 0 Å². The molecule has 2 aromatic rings. The summed E-state index contributed by atoms with van der Waals surface area (Å²) >= 11 is 0. The maximum atomic E-state index is 11.6. The minimum atomic E-state index is -4.32. The molecule has 0 spiro atoms. The van der Waals surface area contributed by atoms with Crippen molar-refractivity contribution in [3.63, 3.8) is 0 Å². The van der Waals surface area contributed by atoms with Crippen LogP contribution < -0.4 is 18.9 Å². The third-order valence-electron chi connectivity index (χ3n) is 5.22. The average molecular weight is 453 g/mol. The first-order chi connectivity index (χ1) is 14.9. The molecular formula is C22H28O8S. The Morgan fingerprint density at radius 1 is 1.10 bits per heavy atom. The second-order valence-corrected chi connectivity index (χ2v) is 8.57. The SMILES string of the molecule is COc1ccc(S(=O)(=O)O)c(CCOCC2CCCc3c(ccc(OC)c3OC)O2)c1. The minimum absolute atomic E-state index is 0.134. The molecule has 0 saturated heterocycles. The van der Waals surface area contributed by atoms with Crippen LogP contribution in [0.15, 0.2) is 35.2 Å². The molecule has 0 aromatic heterocycles. The van der Waals surface area contributed by atoms with Crippen LogP contribution in [0.2, 0.25) is 0 Å². The molecule has 1 aliphatic rings. The molecule has 2 aromatic carbocycles. The van der Waals surface area contributed by atoms with Crippen molar-refractivity contribution in [2.75, 3.05) is 34.5 Å². The molecule has 8 nitrogen and oxygen atoms in total. The van der Waals surface area contributed by atoms with E-state index >= 15 is 0 Å². The van der Waals surface area contributed by atoms with Crippen molar-refractivity contribution in [1.82, 2.24) is 0 Å². The van der Waals surface area contributed by atoms with Crippen molar-refractivity contribution >= 4 is 10.1 Å². The van der Waals surface area contributed by atoms with Gasteiger partial charge in [0.25, 0.3) is 10.1 Å². The quantitative estimate of drug-likeness (QED) is 0.457. The van der Waals surface area contributed by atoms with Gasteiger partial charge in [-0.3, -0.25) is 4.55 Å². The van der Waals surface area contributed by atoms with E-state index in [4.69, 9.17) is 23.7 Å². The summed E-state index contributed by atoms with van der Waals surface area (Å²) in [4.78, 5) is -0.141. The first-order valence-electron chi connectivity index (χ1n) is 10.00. The molecule has 0 aliphatic carbocycles. The summed E-state index contributed by atoms with van der Waals surface area (Å²) < 4.78 is 60.7. The summed E-state index contributed by atoms with van der Waals surface area (Å²) in [6.45, 7) is 0.632. The molecule has 31 heavy (non-hydrogen) atoms. The Kier molecular flexibility index (Phi) is 7.64. The summed E-state index contributed by atoms with van der Waals surface area (Å²) in [7, 11) is 0.389. The largest absolute Gasteiger partial charge is 0.497 e. The zero-order valence-electron chi connectivity index (χ0n) is 17.9. The van der Waals surface area contributed by atoms with Crippen molar-refractivity contribution in [3.05, 3.63) is 41.5 Å². The molecule has 0 radical (unpaired) electrons. The van der Waals surface area contributed by atoms with Gasteiger partial charge in [-0.05, 0) is 61.6 Å². The highest BCUT2D eigenvalue weighted by molar-refractivity contribution is 7.85. The molecule has 3 rings (SSSR count). The zero-order valence-corrected chi connectivity index (χ0v) is 18.7. The lowest BCUT2D eigenvalue weighted by Crippen LogP contribution is -2.23. The molecule has 1 unspecified atom stereocenters. The van der Waals surface area contributed by atoms with Crippen LogP contribution in [0.1, 0.15) is 24.0 Å². The molecule has 0 bridgehead atoms. The lowest BCUT2D eigenvalue weighted by Gasteiger charge is -2.19. The van der Waals surface area contributed by atoms with Crippen LogP contribution in [0.3, 0.4) is 0 Å². The van der Waals surface area contributed by atoms with Crippen LogP contribution >= 0.6 is 0 Å². The van der Waals surface area contributed by atoms with Crippen LogP contribution in [0.5, 0.6) is 23.0 Å². The van der Waals surface area contributed by atoms with Gasteiger partial charge in [0.2, 0.25) is 0 Å². The van der Waals surface area contributed by atoms with Crippen molar-refractivity contribution in [3.8, 4) is 23.0 Å². The summed E-state index contributed by atoms with van der Waals surface area (Å²) in [6.07, 6.45) is 2.71. The molecular weight excluding hydrogens is 424 g/mol. The van der Waals surface area contributed by atoms with Gasteiger partial charge in [-0.15, -0.1) is 0 Å². The van der Waals surface area contributed by atoms with E-state index in [9.17, 15) is 13.0 Å². The number of methoxy groups -OCH3 is 3. The summed E-state index contributed by atoms with van der Waals surface area (Å²) in [5.41, 5.74) is 1.42. The molecule has 170 valence electrons. The van der Waals surface area contributed by atoms with Gasteiger partial charge in [0.15, 0.2) is 11.5 Å². The van der Waals surface area contributed by atoms with Crippen LogP contribution in [0.4, 0.5) is 0 Å². The Labute approximate surface area is 182 Å². The Hall–Kier alpha value is -2.49. The molecule has 0 amide bonds. The number of rotatable bonds is 9. The number of hydrogen-bond donors (Lipinski definition) is 1. The highest BCUT2D eigenvalue weighted by Crippen LogP contribution is 2.40. The fraction of sp³-hybridized carbons (Fsp3) is 0.455. The van der Waals surface area contributed by atoms with E-state index in [0.717, 1.165) is 30.6 Å². The van der Waals surface area contributed by atoms with Crippen LogP contribution in [-0.4, -0.2) is 53.6 Å². The van der Waals surface area contributed by atoms with Crippen LogP contribution in [-0.2, 0) is 27.7 Å². The van der Waals surface area contributed by atoms with Crippen molar-refractivity contribution in [2.24, 2.45) is 0 Å². The van der Waals surface area contributed by atoms with Crippen molar-refractivity contribution < 1.29 is 36.7 Å². The second kappa shape index (κ2) is 10.2. The number of fused-ring (bicyclic) bond motifs is 1. The predicted molar refractivity (Wildman–Crippen MR) is 114 cm³/mol. The lowest BCUT2D eigenvalue weighted by atomic mass is 10.1. The van der Waals surface area contributed by atoms with Gasteiger partial charge in [0.05, 0.1) is 39.4 Å². The second-order valence-electron chi connectivity index (χ2n) is 7.18. The smallest absolute Gasteiger partial charge is 0.294 e.